The van der Waals surface area contributed by atoms with Crippen molar-refractivity contribution in [2.75, 3.05) is 13.2 Å². The predicted molar refractivity (Wildman–Crippen MR) is 55.4 cm³/mol. The fourth-order valence-electron chi connectivity index (χ4n) is 0.955. The third kappa shape index (κ3) is 4.46. The van der Waals surface area contributed by atoms with Crippen LogP contribution >= 0.6 is 19.2 Å². The summed E-state index contributed by atoms with van der Waals surface area (Å²) >= 11 is 5.93. The van der Waals surface area contributed by atoms with Crippen LogP contribution in [-0.2, 0) is 13.6 Å². The van der Waals surface area contributed by atoms with Crippen LogP contribution in [0.25, 0.3) is 0 Å². The normalized spacial score (nSPS) is 14.5. The van der Waals surface area contributed by atoms with Gasteiger partial charge in [0.1, 0.15) is 5.12 Å². The Balaban J connectivity index is 4.28. The summed E-state index contributed by atoms with van der Waals surface area (Å²) in [6, 6.07) is 0. The SMILES string of the molecule is CCCC(Cl)P(=O)(OCC)OCC. The molecule has 0 aliphatic rings. The summed E-state index contributed by atoms with van der Waals surface area (Å²) in [6.07, 6.45) is 1.52. The van der Waals surface area contributed by atoms with E-state index in [0.29, 0.717) is 19.6 Å². The van der Waals surface area contributed by atoms with Crippen molar-refractivity contribution in [3.8, 4) is 0 Å². The van der Waals surface area contributed by atoms with Crippen LogP contribution in [0.4, 0.5) is 0 Å². The summed E-state index contributed by atoms with van der Waals surface area (Å²) < 4.78 is 22.1. The van der Waals surface area contributed by atoms with E-state index in [2.05, 4.69) is 0 Å². The maximum Gasteiger partial charge on any atom is 0.348 e. The zero-order chi connectivity index (χ0) is 10.3. The molecule has 1 unspecified atom stereocenters. The molecule has 0 radical (unpaired) electrons. The number of hydrogen-bond acceptors (Lipinski definition) is 3. The lowest BCUT2D eigenvalue weighted by molar-refractivity contribution is 0.217. The van der Waals surface area contributed by atoms with Crippen molar-refractivity contribution in [3.63, 3.8) is 0 Å². The number of rotatable bonds is 7. The molecule has 0 N–H and O–H groups in total. The summed E-state index contributed by atoms with van der Waals surface area (Å²) in [6.45, 7) is 6.27. The smallest absolute Gasteiger partial charge is 0.308 e. The minimum absolute atomic E-state index is 0.365. The van der Waals surface area contributed by atoms with Gasteiger partial charge in [0.05, 0.1) is 13.2 Å². The Morgan fingerprint density at radius 3 is 2.00 bits per heavy atom. The molecule has 0 fully saturated rings. The summed E-state index contributed by atoms with van der Waals surface area (Å²) in [4.78, 5) is 0. The first kappa shape index (κ1) is 13.4. The van der Waals surface area contributed by atoms with Gasteiger partial charge in [-0.3, -0.25) is 4.57 Å². The van der Waals surface area contributed by atoms with Crippen LogP contribution in [0.3, 0.4) is 0 Å². The highest BCUT2D eigenvalue weighted by molar-refractivity contribution is 7.56. The second-order valence-corrected chi connectivity index (χ2v) is 5.65. The Bertz CT molecular complexity index is 165. The molecule has 3 nitrogen and oxygen atoms in total. The molecule has 80 valence electrons. The van der Waals surface area contributed by atoms with E-state index in [1.165, 1.54) is 0 Å². The van der Waals surface area contributed by atoms with Crippen molar-refractivity contribution in [2.24, 2.45) is 0 Å². The van der Waals surface area contributed by atoms with E-state index in [1.807, 2.05) is 6.92 Å². The van der Waals surface area contributed by atoms with E-state index in [9.17, 15) is 4.57 Å². The average Bonchev–Trinajstić information content (AvgIpc) is 2.05. The summed E-state index contributed by atoms with van der Waals surface area (Å²) in [7, 11) is -3.06. The third-order valence-electron chi connectivity index (χ3n) is 1.49. The van der Waals surface area contributed by atoms with Crippen molar-refractivity contribution in [1.29, 1.82) is 0 Å². The Morgan fingerprint density at radius 2 is 1.69 bits per heavy atom. The predicted octanol–water partition coefficient (Wildman–Crippen LogP) is 3.62. The van der Waals surface area contributed by atoms with Crippen molar-refractivity contribution in [1.82, 2.24) is 0 Å². The van der Waals surface area contributed by atoms with Crippen molar-refractivity contribution >= 4 is 19.2 Å². The van der Waals surface area contributed by atoms with Gasteiger partial charge in [0.15, 0.2) is 0 Å². The molecule has 13 heavy (non-hydrogen) atoms. The number of halogens is 1. The highest BCUT2D eigenvalue weighted by Gasteiger charge is 2.32. The molecule has 0 amide bonds. The number of hydrogen-bond donors (Lipinski definition) is 0. The molecule has 0 aromatic carbocycles. The number of alkyl halides is 1. The molecule has 0 aromatic rings. The standard InChI is InChI=1S/C8H18ClO3P/c1-4-7-8(9)13(10,11-5-2)12-6-3/h8H,4-7H2,1-3H3. The Kier molecular flexibility index (Phi) is 7.06. The van der Waals surface area contributed by atoms with E-state index in [-0.39, 0.29) is 0 Å². The van der Waals surface area contributed by atoms with Gasteiger partial charge < -0.3 is 9.05 Å². The molecule has 0 saturated carbocycles. The van der Waals surface area contributed by atoms with Crippen LogP contribution < -0.4 is 0 Å². The average molecular weight is 229 g/mol. The topological polar surface area (TPSA) is 35.5 Å². The van der Waals surface area contributed by atoms with Gasteiger partial charge >= 0.3 is 7.60 Å². The quantitative estimate of drug-likeness (QED) is 0.493. The minimum atomic E-state index is -3.06. The molecule has 0 bridgehead atoms. The summed E-state index contributed by atoms with van der Waals surface area (Å²) in [5.74, 6) is 0. The van der Waals surface area contributed by atoms with Gasteiger partial charge in [0.2, 0.25) is 0 Å². The highest BCUT2D eigenvalue weighted by atomic mass is 35.5. The monoisotopic (exact) mass is 228 g/mol. The second-order valence-electron chi connectivity index (χ2n) is 2.60. The van der Waals surface area contributed by atoms with E-state index >= 15 is 0 Å². The third-order valence-corrected chi connectivity index (χ3v) is 4.60. The molecule has 0 aliphatic heterocycles. The van der Waals surface area contributed by atoms with Crippen LogP contribution in [0, 0.1) is 0 Å². The molecule has 0 aromatic heterocycles. The zero-order valence-electron chi connectivity index (χ0n) is 8.46. The van der Waals surface area contributed by atoms with Gasteiger partial charge in [-0.25, -0.2) is 0 Å². The summed E-state index contributed by atoms with van der Waals surface area (Å²) in [5.41, 5.74) is 0. The molecule has 0 spiro atoms. The van der Waals surface area contributed by atoms with Gasteiger partial charge in [-0.1, -0.05) is 13.3 Å². The first-order chi connectivity index (χ1) is 6.10. The highest BCUT2D eigenvalue weighted by Crippen LogP contribution is 2.56. The second kappa shape index (κ2) is 6.83. The van der Waals surface area contributed by atoms with Crippen LogP contribution in [0.1, 0.15) is 33.6 Å². The molecular weight excluding hydrogens is 211 g/mol. The molecule has 5 heteroatoms. The van der Waals surface area contributed by atoms with Crippen LogP contribution in [0.5, 0.6) is 0 Å². The van der Waals surface area contributed by atoms with Crippen molar-refractivity contribution in [2.45, 2.75) is 38.7 Å². The lowest BCUT2D eigenvalue weighted by Crippen LogP contribution is -2.07. The van der Waals surface area contributed by atoms with E-state index < -0.39 is 12.7 Å². The minimum Gasteiger partial charge on any atom is -0.308 e. The van der Waals surface area contributed by atoms with E-state index in [4.69, 9.17) is 20.6 Å². The van der Waals surface area contributed by atoms with Crippen LogP contribution in [0.2, 0.25) is 0 Å². The molecule has 0 aliphatic carbocycles. The molecular formula is C8H18ClO3P. The first-order valence-electron chi connectivity index (χ1n) is 4.63. The maximum absolute atomic E-state index is 11.9. The molecule has 0 heterocycles. The lowest BCUT2D eigenvalue weighted by Gasteiger charge is -2.21. The fourth-order valence-corrected chi connectivity index (χ4v) is 3.20. The van der Waals surface area contributed by atoms with Crippen molar-refractivity contribution < 1.29 is 13.6 Å². The van der Waals surface area contributed by atoms with Crippen LogP contribution in [-0.4, -0.2) is 18.3 Å². The fraction of sp³-hybridized carbons (Fsp3) is 1.00. The Labute approximate surface area is 85.3 Å². The largest absolute Gasteiger partial charge is 0.348 e. The van der Waals surface area contributed by atoms with Crippen LogP contribution in [0.15, 0.2) is 0 Å². The summed E-state index contributed by atoms with van der Waals surface area (Å²) in [5, 5.41) is -0.516. The van der Waals surface area contributed by atoms with E-state index in [1.54, 1.807) is 13.8 Å². The van der Waals surface area contributed by atoms with Gasteiger partial charge in [-0.2, -0.15) is 0 Å². The lowest BCUT2D eigenvalue weighted by atomic mass is 10.4. The zero-order valence-corrected chi connectivity index (χ0v) is 10.1. The molecule has 0 rings (SSSR count). The van der Waals surface area contributed by atoms with Gasteiger partial charge in [-0.15, -0.1) is 11.6 Å². The Hall–Kier alpha value is 0.440. The van der Waals surface area contributed by atoms with Gasteiger partial charge in [-0.05, 0) is 20.3 Å². The first-order valence-corrected chi connectivity index (χ1v) is 6.68. The van der Waals surface area contributed by atoms with Crippen molar-refractivity contribution in [3.05, 3.63) is 0 Å². The molecule has 0 saturated heterocycles. The van der Waals surface area contributed by atoms with E-state index in [0.717, 1.165) is 6.42 Å². The maximum atomic E-state index is 11.9. The van der Waals surface area contributed by atoms with Gasteiger partial charge in [0.25, 0.3) is 0 Å². The Morgan fingerprint density at radius 1 is 1.23 bits per heavy atom. The van der Waals surface area contributed by atoms with Gasteiger partial charge in [0, 0.05) is 0 Å². The molecule has 1 atom stereocenters.